The van der Waals surface area contributed by atoms with Gasteiger partial charge in [0, 0.05) is 50.2 Å². The second-order valence-electron chi connectivity index (χ2n) is 6.42. The van der Waals surface area contributed by atoms with Gasteiger partial charge in [-0.2, -0.15) is 0 Å². The van der Waals surface area contributed by atoms with Crippen LogP contribution in [-0.2, 0) is 17.6 Å². The lowest BCUT2D eigenvalue weighted by Crippen LogP contribution is -2.48. The molecular weight excluding hydrogens is 346 g/mol. The molecule has 1 saturated heterocycles. The van der Waals surface area contributed by atoms with Crippen molar-refractivity contribution in [3.8, 4) is 0 Å². The molecule has 0 unspecified atom stereocenters. The largest absolute Gasteiger partial charge is 0.367 e. The molecule has 3 rings (SSSR count). The fraction of sp³-hybridized carbons (Fsp3) is 0.474. The molecule has 0 bridgehead atoms. The summed E-state index contributed by atoms with van der Waals surface area (Å²) >= 11 is 1.78. The third kappa shape index (κ3) is 4.95. The lowest BCUT2D eigenvalue weighted by Gasteiger charge is -2.35. The number of nitrogens with zero attached hydrogens (tertiary/aromatic N) is 3. The smallest absolute Gasteiger partial charge is 0.219 e. The van der Waals surface area contributed by atoms with Crippen LogP contribution in [-0.4, -0.2) is 48.5 Å². The fourth-order valence-corrected chi connectivity index (χ4v) is 3.92. The quantitative estimate of drug-likeness (QED) is 0.731. The van der Waals surface area contributed by atoms with Crippen LogP contribution in [0.4, 0.5) is 10.7 Å². The zero-order valence-electron chi connectivity index (χ0n) is 15.5. The minimum Gasteiger partial charge on any atom is -0.367 e. The van der Waals surface area contributed by atoms with Crippen LogP contribution in [0.25, 0.3) is 0 Å². The second kappa shape index (κ2) is 9.00. The number of hydrogen-bond donors (Lipinski definition) is 2. The van der Waals surface area contributed by atoms with E-state index >= 15 is 0 Å². The average molecular weight is 374 g/mol. The summed E-state index contributed by atoms with van der Waals surface area (Å²) in [5.41, 5.74) is 8.57. The molecule has 2 N–H and O–H groups in total. The summed E-state index contributed by atoms with van der Waals surface area (Å²) < 4.78 is 0. The topological polar surface area (TPSA) is 60.5 Å². The minimum atomic E-state index is 0.163. The Morgan fingerprint density at radius 1 is 1.15 bits per heavy atom. The fourth-order valence-electron chi connectivity index (χ4n) is 3.04. The van der Waals surface area contributed by atoms with Crippen molar-refractivity contribution in [1.82, 2.24) is 15.3 Å². The maximum absolute atomic E-state index is 11.4. The van der Waals surface area contributed by atoms with Crippen molar-refractivity contribution in [2.45, 2.75) is 26.7 Å². The molecule has 3 heterocycles. The molecule has 140 valence electrons. The Bertz CT molecular complexity index is 707. The van der Waals surface area contributed by atoms with E-state index in [0.717, 1.165) is 61.9 Å². The van der Waals surface area contributed by atoms with Crippen LogP contribution >= 0.6 is 11.3 Å². The van der Waals surface area contributed by atoms with E-state index in [1.807, 2.05) is 11.1 Å². The monoisotopic (exact) mass is 373 g/mol. The highest BCUT2D eigenvalue weighted by Crippen LogP contribution is 2.23. The van der Waals surface area contributed by atoms with Gasteiger partial charge in [0.2, 0.25) is 5.91 Å². The van der Waals surface area contributed by atoms with E-state index in [2.05, 4.69) is 51.9 Å². The molecule has 0 radical (unpaired) electrons. The number of rotatable bonds is 7. The van der Waals surface area contributed by atoms with E-state index in [-0.39, 0.29) is 5.91 Å². The predicted molar refractivity (Wildman–Crippen MR) is 108 cm³/mol. The van der Waals surface area contributed by atoms with Gasteiger partial charge in [0.1, 0.15) is 5.00 Å². The number of thiophene rings is 1. The van der Waals surface area contributed by atoms with E-state index in [1.165, 1.54) is 4.88 Å². The van der Waals surface area contributed by atoms with E-state index in [0.29, 0.717) is 0 Å². The molecule has 1 fully saturated rings. The molecular formula is C19H27N5OS. The Morgan fingerprint density at radius 2 is 1.96 bits per heavy atom. The first-order valence-corrected chi connectivity index (χ1v) is 10.0. The molecule has 0 atom stereocenters. The molecule has 6 nitrogen and oxygen atoms in total. The standard InChI is InChI=1S/C19H27N5OS/c1-3-21-22-19-9-8-18(26-19)7-5-16-4-6-17(14-20-16)24-12-10-23(11-13-24)15(2)25/h4,6,8-9,14,21-22H,3,5,7,10-13H2,1-2H3. The van der Waals surface area contributed by atoms with Crippen molar-refractivity contribution in [2.75, 3.05) is 43.0 Å². The van der Waals surface area contributed by atoms with Gasteiger partial charge in [0.05, 0.1) is 11.9 Å². The van der Waals surface area contributed by atoms with Crippen LogP contribution < -0.4 is 15.8 Å². The first kappa shape index (κ1) is 18.7. The normalized spacial score (nSPS) is 14.5. The zero-order valence-corrected chi connectivity index (χ0v) is 16.3. The van der Waals surface area contributed by atoms with Crippen molar-refractivity contribution >= 4 is 27.9 Å². The first-order chi connectivity index (χ1) is 12.7. The number of anilines is 2. The molecule has 7 heteroatoms. The summed E-state index contributed by atoms with van der Waals surface area (Å²) in [6.45, 7) is 7.93. The summed E-state index contributed by atoms with van der Waals surface area (Å²) in [6.07, 6.45) is 3.91. The SMILES string of the molecule is CCNNc1ccc(CCc2ccc(N3CCN(C(C)=O)CC3)cn2)s1. The average Bonchev–Trinajstić information content (AvgIpc) is 3.13. The minimum absolute atomic E-state index is 0.163. The highest BCUT2D eigenvalue weighted by molar-refractivity contribution is 7.16. The molecule has 0 aliphatic carbocycles. The number of hydrogen-bond acceptors (Lipinski definition) is 6. The van der Waals surface area contributed by atoms with Gasteiger partial charge in [-0.05, 0) is 37.1 Å². The second-order valence-corrected chi connectivity index (χ2v) is 7.59. The summed E-state index contributed by atoms with van der Waals surface area (Å²) in [5, 5.41) is 1.15. The van der Waals surface area contributed by atoms with Crippen LogP contribution in [0.5, 0.6) is 0 Å². The zero-order chi connectivity index (χ0) is 18.4. The maximum atomic E-state index is 11.4. The van der Waals surface area contributed by atoms with Gasteiger partial charge in [0.15, 0.2) is 0 Å². The number of pyridine rings is 1. The molecule has 0 spiro atoms. The van der Waals surface area contributed by atoms with Crippen molar-refractivity contribution < 1.29 is 4.79 Å². The number of aromatic nitrogens is 1. The molecule has 1 aliphatic rings. The molecule has 0 aromatic carbocycles. The summed E-state index contributed by atoms with van der Waals surface area (Å²) in [6, 6.07) is 8.56. The lowest BCUT2D eigenvalue weighted by molar-refractivity contribution is -0.129. The van der Waals surface area contributed by atoms with E-state index in [1.54, 1.807) is 18.3 Å². The number of nitrogens with one attached hydrogen (secondary N) is 2. The molecule has 2 aromatic heterocycles. The Balaban J connectivity index is 1.49. The number of amides is 1. The Kier molecular flexibility index (Phi) is 6.46. The van der Waals surface area contributed by atoms with Crippen LogP contribution in [0.3, 0.4) is 0 Å². The Morgan fingerprint density at radius 3 is 2.62 bits per heavy atom. The van der Waals surface area contributed by atoms with Crippen LogP contribution in [0, 0.1) is 0 Å². The van der Waals surface area contributed by atoms with Crippen LogP contribution in [0.15, 0.2) is 30.5 Å². The summed E-state index contributed by atoms with van der Waals surface area (Å²) in [7, 11) is 0. The van der Waals surface area contributed by atoms with E-state index in [9.17, 15) is 4.79 Å². The third-order valence-corrected chi connectivity index (χ3v) is 5.64. The van der Waals surface area contributed by atoms with E-state index in [4.69, 9.17) is 0 Å². The number of aryl methyl sites for hydroxylation is 2. The van der Waals surface area contributed by atoms with Crippen molar-refractivity contribution in [3.05, 3.63) is 41.0 Å². The molecule has 1 aliphatic heterocycles. The Labute approximate surface area is 159 Å². The van der Waals surface area contributed by atoms with Gasteiger partial charge in [0.25, 0.3) is 0 Å². The summed E-state index contributed by atoms with van der Waals surface area (Å²) in [4.78, 5) is 21.6. The first-order valence-electron chi connectivity index (χ1n) is 9.18. The molecule has 26 heavy (non-hydrogen) atoms. The van der Waals surface area contributed by atoms with Crippen LogP contribution in [0.1, 0.15) is 24.4 Å². The molecule has 0 saturated carbocycles. The van der Waals surface area contributed by atoms with E-state index < -0.39 is 0 Å². The highest BCUT2D eigenvalue weighted by Gasteiger charge is 2.18. The van der Waals surface area contributed by atoms with Gasteiger partial charge < -0.3 is 15.2 Å². The van der Waals surface area contributed by atoms with Crippen LogP contribution in [0.2, 0.25) is 0 Å². The predicted octanol–water partition coefficient (Wildman–Crippen LogP) is 2.53. The molecule has 1 amide bonds. The Hall–Kier alpha value is -2.12. The number of carbonyl (C=O) groups excluding carboxylic acids is 1. The van der Waals surface area contributed by atoms with Gasteiger partial charge in [-0.15, -0.1) is 11.3 Å². The lowest BCUT2D eigenvalue weighted by atomic mass is 10.2. The van der Waals surface area contributed by atoms with Crippen molar-refractivity contribution in [1.29, 1.82) is 0 Å². The van der Waals surface area contributed by atoms with Crippen molar-refractivity contribution in [3.63, 3.8) is 0 Å². The van der Waals surface area contributed by atoms with Gasteiger partial charge in [-0.25, -0.2) is 5.43 Å². The number of carbonyl (C=O) groups is 1. The number of hydrazine groups is 1. The number of piperazine rings is 1. The van der Waals surface area contributed by atoms with Crippen molar-refractivity contribution in [2.24, 2.45) is 0 Å². The summed E-state index contributed by atoms with van der Waals surface area (Å²) in [5.74, 6) is 0.163. The third-order valence-electron chi connectivity index (χ3n) is 4.58. The van der Waals surface area contributed by atoms with Gasteiger partial charge in [-0.1, -0.05) is 6.92 Å². The highest BCUT2D eigenvalue weighted by atomic mass is 32.1. The van der Waals surface area contributed by atoms with Gasteiger partial charge in [-0.3, -0.25) is 9.78 Å². The maximum Gasteiger partial charge on any atom is 0.219 e. The molecule has 2 aromatic rings. The van der Waals surface area contributed by atoms with Gasteiger partial charge >= 0.3 is 0 Å².